The molecule has 25 heavy (non-hydrogen) atoms. The van der Waals surface area contributed by atoms with Crippen molar-refractivity contribution in [2.24, 2.45) is 5.92 Å². The summed E-state index contributed by atoms with van der Waals surface area (Å²) in [6.45, 7) is 8.54. The van der Waals surface area contributed by atoms with Crippen molar-refractivity contribution in [3.8, 4) is 0 Å². The molecule has 2 amide bonds. The van der Waals surface area contributed by atoms with E-state index in [-0.39, 0.29) is 12.1 Å². The summed E-state index contributed by atoms with van der Waals surface area (Å²) in [6, 6.07) is 8.27. The molecular weight excluding hydrogens is 314 g/mol. The maximum Gasteiger partial charge on any atom is 0.315 e. The van der Waals surface area contributed by atoms with Gasteiger partial charge in [-0.1, -0.05) is 44.5 Å². The molecule has 1 aromatic carbocycles. The highest BCUT2D eigenvalue weighted by molar-refractivity contribution is 5.73. The summed E-state index contributed by atoms with van der Waals surface area (Å²) in [6.07, 6.45) is 3.64. The zero-order valence-corrected chi connectivity index (χ0v) is 15.6. The number of hydrogen-bond donors (Lipinski definition) is 3. The highest BCUT2D eigenvalue weighted by Gasteiger charge is 2.20. The molecule has 5 nitrogen and oxygen atoms in total. The van der Waals surface area contributed by atoms with E-state index in [1.54, 1.807) is 0 Å². The standard InChI is InChI=1S/C20H33N3O2/c1-3-23(4-2)15-18-9-5-7-16(11-18)13-21-20(25)22-14-17-8-6-10-19(24)12-17/h5,7,9,11,17,19,24H,3-4,6,8,10,12-15H2,1-2H3,(H2,21,22,25). The van der Waals surface area contributed by atoms with Crippen molar-refractivity contribution in [2.75, 3.05) is 19.6 Å². The topological polar surface area (TPSA) is 64.6 Å². The number of hydrogen-bond acceptors (Lipinski definition) is 3. The van der Waals surface area contributed by atoms with Crippen LogP contribution in [0, 0.1) is 5.92 Å². The van der Waals surface area contributed by atoms with Crippen LogP contribution < -0.4 is 10.6 Å². The molecule has 3 N–H and O–H groups in total. The Morgan fingerprint density at radius 3 is 2.68 bits per heavy atom. The number of amides is 2. The van der Waals surface area contributed by atoms with Crippen molar-refractivity contribution in [3.05, 3.63) is 35.4 Å². The first-order valence-corrected chi connectivity index (χ1v) is 9.60. The van der Waals surface area contributed by atoms with E-state index in [0.717, 1.165) is 50.9 Å². The van der Waals surface area contributed by atoms with E-state index in [0.29, 0.717) is 19.0 Å². The lowest BCUT2D eigenvalue weighted by atomic mass is 9.87. The normalized spacial score (nSPS) is 20.5. The first-order chi connectivity index (χ1) is 12.1. The van der Waals surface area contributed by atoms with Gasteiger partial charge in [-0.2, -0.15) is 0 Å². The number of aliphatic hydroxyl groups is 1. The molecule has 1 saturated carbocycles. The van der Waals surface area contributed by atoms with Gasteiger partial charge in [-0.15, -0.1) is 0 Å². The number of urea groups is 1. The summed E-state index contributed by atoms with van der Waals surface area (Å²) in [5.41, 5.74) is 2.40. The lowest BCUT2D eigenvalue weighted by Crippen LogP contribution is -2.39. The third kappa shape index (κ3) is 7.04. The molecule has 0 aromatic heterocycles. The Hall–Kier alpha value is -1.59. The number of nitrogens with one attached hydrogen (secondary N) is 2. The summed E-state index contributed by atoms with van der Waals surface area (Å²) in [5.74, 6) is 0.395. The van der Waals surface area contributed by atoms with E-state index in [1.807, 2.05) is 6.07 Å². The van der Waals surface area contributed by atoms with Crippen molar-refractivity contribution < 1.29 is 9.90 Å². The van der Waals surface area contributed by atoms with E-state index in [2.05, 4.69) is 47.6 Å². The molecule has 2 rings (SSSR count). The smallest absolute Gasteiger partial charge is 0.315 e. The van der Waals surface area contributed by atoms with Crippen molar-refractivity contribution in [2.45, 2.75) is 58.7 Å². The number of carbonyl (C=O) groups is 1. The summed E-state index contributed by atoms with van der Waals surface area (Å²) in [5, 5.41) is 15.6. The van der Waals surface area contributed by atoms with Gasteiger partial charge in [0.2, 0.25) is 0 Å². The fraction of sp³-hybridized carbons (Fsp3) is 0.650. The second-order valence-corrected chi connectivity index (χ2v) is 7.03. The molecule has 140 valence electrons. The fourth-order valence-electron chi connectivity index (χ4n) is 3.47. The van der Waals surface area contributed by atoms with Crippen molar-refractivity contribution in [1.29, 1.82) is 0 Å². The van der Waals surface area contributed by atoms with Crippen LogP contribution in [0.2, 0.25) is 0 Å². The maximum atomic E-state index is 12.0. The van der Waals surface area contributed by atoms with Crippen LogP contribution in [0.15, 0.2) is 24.3 Å². The molecule has 0 bridgehead atoms. The number of rotatable bonds is 8. The molecule has 2 atom stereocenters. The van der Waals surface area contributed by atoms with Crippen molar-refractivity contribution >= 4 is 6.03 Å². The van der Waals surface area contributed by atoms with Gasteiger partial charge >= 0.3 is 6.03 Å². The van der Waals surface area contributed by atoms with Gasteiger partial charge in [0.15, 0.2) is 0 Å². The zero-order valence-electron chi connectivity index (χ0n) is 15.6. The summed E-state index contributed by atoms with van der Waals surface area (Å²) in [7, 11) is 0. The van der Waals surface area contributed by atoms with Crippen LogP contribution in [-0.2, 0) is 13.1 Å². The van der Waals surface area contributed by atoms with Crippen LogP contribution in [0.1, 0.15) is 50.7 Å². The minimum atomic E-state index is -0.197. The lowest BCUT2D eigenvalue weighted by Gasteiger charge is -2.25. The Morgan fingerprint density at radius 2 is 1.96 bits per heavy atom. The predicted octanol–water partition coefficient (Wildman–Crippen LogP) is 2.88. The van der Waals surface area contributed by atoms with Gasteiger partial charge in [-0.05, 0) is 49.4 Å². The third-order valence-corrected chi connectivity index (χ3v) is 5.05. The largest absolute Gasteiger partial charge is 0.393 e. The molecule has 0 radical (unpaired) electrons. The molecule has 1 fully saturated rings. The Labute approximate surface area is 151 Å². The van der Waals surface area contributed by atoms with Gasteiger partial charge in [0.25, 0.3) is 0 Å². The second kappa shape index (κ2) is 10.4. The second-order valence-electron chi connectivity index (χ2n) is 7.03. The minimum absolute atomic E-state index is 0.130. The number of aliphatic hydroxyl groups excluding tert-OH is 1. The number of carbonyl (C=O) groups excluding carboxylic acids is 1. The Morgan fingerprint density at radius 1 is 1.20 bits per heavy atom. The average molecular weight is 348 g/mol. The van der Waals surface area contributed by atoms with E-state index in [9.17, 15) is 9.90 Å². The lowest BCUT2D eigenvalue weighted by molar-refractivity contribution is 0.101. The summed E-state index contributed by atoms with van der Waals surface area (Å²) in [4.78, 5) is 14.4. The van der Waals surface area contributed by atoms with Crippen LogP contribution in [0.25, 0.3) is 0 Å². The van der Waals surface area contributed by atoms with Crippen LogP contribution >= 0.6 is 0 Å². The predicted molar refractivity (Wildman–Crippen MR) is 101 cm³/mol. The molecule has 1 aliphatic rings. The molecule has 0 spiro atoms. The molecule has 1 aliphatic carbocycles. The molecule has 0 saturated heterocycles. The van der Waals surface area contributed by atoms with Gasteiger partial charge in [0, 0.05) is 19.6 Å². The Kier molecular flexibility index (Phi) is 8.22. The van der Waals surface area contributed by atoms with Crippen molar-refractivity contribution in [3.63, 3.8) is 0 Å². The van der Waals surface area contributed by atoms with E-state index >= 15 is 0 Å². The van der Waals surface area contributed by atoms with E-state index < -0.39 is 0 Å². The first kappa shape index (κ1) is 19.7. The van der Waals surface area contributed by atoms with Crippen LogP contribution in [0.4, 0.5) is 4.79 Å². The number of nitrogens with zero attached hydrogens (tertiary/aromatic N) is 1. The molecule has 2 unspecified atom stereocenters. The first-order valence-electron chi connectivity index (χ1n) is 9.60. The summed E-state index contributed by atoms with van der Waals surface area (Å²) < 4.78 is 0. The van der Waals surface area contributed by atoms with Crippen molar-refractivity contribution in [1.82, 2.24) is 15.5 Å². The van der Waals surface area contributed by atoms with Gasteiger partial charge in [-0.25, -0.2) is 4.79 Å². The van der Waals surface area contributed by atoms with E-state index in [4.69, 9.17) is 0 Å². The highest BCUT2D eigenvalue weighted by atomic mass is 16.3. The quantitative estimate of drug-likeness (QED) is 0.677. The highest BCUT2D eigenvalue weighted by Crippen LogP contribution is 2.23. The van der Waals surface area contributed by atoms with Gasteiger partial charge in [0.1, 0.15) is 0 Å². The molecule has 0 aliphatic heterocycles. The van der Waals surface area contributed by atoms with Crippen LogP contribution in [0.5, 0.6) is 0 Å². The molecule has 0 heterocycles. The SMILES string of the molecule is CCN(CC)Cc1cccc(CNC(=O)NCC2CCCC(O)C2)c1. The monoisotopic (exact) mass is 347 g/mol. The average Bonchev–Trinajstić information content (AvgIpc) is 2.63. The fourth-order valence-corrected chi connectivity index (χ4v) is 3.47. The molecule has 5 heteroatoms. The minimum Gasteiger partial charge on any atom is -0.393 e. The number of benzene rings is 1. The van der Waals surface area contributed by atoms with Crippen LogP contribution in [0.3, 0.4) is 0 Å². The maximum absolute atomic E-state index is 12.0. The van der Waals surface area contributed by atoms with Crippen LogP contribution in [-0.4, -0.2) is 41.8 Å². The van der Waals surface area contributed by atoms with Gasteiger partial charge in [-0.3, -0.25) is 4.90 Å². The van der Waals surface area contributed by atoms with Gasteiger partial charge in [0.05, 0.1) is 6.10 Å². The summed E-state index contributed by atoms with van der Waals surface area (Å²) >= 11 is 0. The molecule has 1 aromatic rings. The van der Waals surface area contributed by atoms with E-state index in [1.165, 1.54) is 5.56 Å². The third-order valence-electron chi connectivity index (χ3n) is 5.05. The Bertz CT molecular complexity index is 531. The zero-order chi connectivity index (χ0) is 18.1. The Balaban J connectivity index is 1.73. The van der Waals surface area contributed by atoms with Gasteiger partial charge < -0.3 is 15.7 Å². The molecular formula is C20H33N3O2.